The second kappa shape index (κ2) is 7.30. The summed E-state index contributed by atoms with van der Waals surface area (Å²) in [5.41, 5.74) is 1.12. The van der Waals surface area contributed by atoms with E-state index in [1.54, 1.807) is 31.2 Å². The highest BCUT2D eigenvalue weighted by Gasteiger charge is 2.38. The van der Waals surface area contributed by atoms with Gasteiger partial charge in [-0.15, -0.1) is 0 Å². The number of carbonyl (C=O) groups excluding carboxylic acids is 1. The number of carbonyl (C=O) groups is 1. The zero-order chi connectivity index (χ0) is 17.7. The van der Waals surface area contributed by atoms with Crippen molar-refractivity contribution >= 4 is 6.03 Å². The summed E-state index contributed by atoms with van der Waals surface area (Å²) in [5, 5.41) is 7.01. The zero-order valence-electron chi connectivity index (χ0n) is 12.9. The van der Waals surface area contributed by atoms with Crippen LogP contribution in [-0.4, -0.2) is 34.9 Å². The number of hydrogen-bond acceptors (Lipinski definition) is 5. The summed E-state index contributed by atoms with van der Waals surface area (Å²) in [6, 6.07) is 5.95. The molecule has 1 N–H and O–H groups in total. The van der Waals surface area contributed by atoms with Gasteiger partial charge >= 0.3 is 18.1 Å². The minimum Gasteiger partial charge on any atom is -0.332 e. The highest BCUT2D eigenvalue weighted by atomic mass is 19.4. The van der Waals surface area contributed by atoms with Crippen molar-refractivity contribution in [2.75, 3.05) is 13.7 Å². The SMILES string of the molecule is CCON(C)C(=O)NCc1ccc(-c2noc(C(F)(F)F)n2)cc1. The Labute approximate surface area is 135 Å². The fraction of sp³-hybridized carbons (Fsp3) is 0.357. The lowest BCUT2D eigenvalue weighted by Gasteiger charge is -2.16. The van der Waals surface area contributed by atoms with Gasteiger partial charge < -0.3 is 9.84 Å². The molecule has 130 valence electrons. The molecule has 10 heteroatoms. The molecule has 2 rings (SSSR count). The lowest BCUT2D eigenvalue weighted by Crippen LogP contribution is -2.36. The standard InChI is InChI=1S/C14H15F3N4O3/c1-3-23-21(2)13(22)18-8-9-4-6-10(7-5-9)11-19-12(24-20-11)14(15,16)17/h4-7H,3,8H2,1-2H3,(H,18,22). The Kier molecular flexibility index (Phi) is 5.39. The van der Waals surface area contributed by atoms with E-state index >= 15 is 0 Å². The molecular weight excluding hydrogens is 329 g/mol. The van der Waals surface area contributed by atoms with Crippen LogP contribution in [0.3, 0.4) is 0 Å². The molecule has 1 heterocycles. The summed E-state index contributed by atoms with van der Waals surface area (Å²) in [6.45, 7) is 2.35. The van der Waals surface area contributed by atoms with Gasteiger partial charge in [0.1, 0.15) is 0 Å². The predicted octanol–water partition coefficient (Wildman–Crippen LogP) is 2.85. The summed E-state index contributed by atoms with van der Waals surface area (Å²) in [7, 11) is 1.48. The third kappa shape index (κ3) is 4.44. The van der Waals surface area contributed by atoms with Crippen LogP contribution in [0.2, 0.25) is 0 Å². The van der Waals surface area contributed by atoms with Crippen molar-refractivity contribution in [1.29, 1.82) is 0 Å². The van der Waals surface area contributed by atoms with Gasteiger partial charge in [-0.3, -0.25) is 4.84 Å². The van der Waals surface area contributed by atoms with E-state index in [1.165, 1.54) is 7.05 Å². The summed E-state index contributed by atoms with van der Waals surface area (Å²) < 4.78 is 41.5. The van der Waals surface area contributed by atoms with Gasteiger partial charge in [0.25, 0.3) is 0 Å². The van der Waals surface area contributed by atoms with E-state index in [2.05, 4.69) is 20.0 Å². The average molecular weight is 344 g/mol. The molecule has 0 spiro atoms. The Balaban J connectivity index is 1.98. The van der Waals surface area contributed by atoms with Crippen LogP contribution in [0.25, 0.3) is 11.4 Å². The number of rotatable bonds is 5. The lowest BCUT2D eigenvalue weighted by molar-refractivity contribution is -0.159. The summed E-state index contributed by atoms with van der Waals surface area (Å²) in [6.07, 6.45) is -4.68. The first kappa shape index (κ1) is 17.7. The third-order valence-electron chi connectivity index (χ3n) is 2.93. The predicted molar refractivity (Wildman–Crippen MR) is 76.4 cm³/mol. The van der Waals surface area contributed by atoms with E-state index in [1.807, 2.05) is 0 Å². The fourth-order valence-corrected chi connectivity index (χ4v) is 1.77. The number of nitrogens with zero attached hydrogens (tertiary/aromatic N) is 3. The normalized spacial score (nSPS) is 11.4. The maximum absolute atomic E-state index is 12.4. The van der Waals surface area contributed by atoms with Crippen LogP contribution >= 0.6 is 0 Å². The average Bonchev–Trinajstić information content (AvgIpc) is 3.03. The summed E-state index contributed by atoms with van der Waals surface area (Å²) in [5.74, 6) is -1.55. The second-order valence-corrected chi connectivity index (χ2v) is 4.69. The molecule has 0 aliphatic rings. The maximum Gasteiger partial charge on any atom is 0.471 e. The van der Waals surface area contributed by atoms with Gasteiger partial charge in [-0.25, -0.2) is 9.86 Å². The van der Waals surface area contributed by atoms with Crippen LogP contribution in [0.1, 0.15) is 18.4 Å². The number of nitrogens with one attached hydrogen (secondary N) is 1. The van der Waals surface area contributed by atoms with E-state index in [-0.39, 0.29) is 12.4 Å². The molecule has 2 aromatic rings. The van der Waals surface area contributed by atoms with Crippen molar-refractivity contribution in [2.45, 2.75) is 19.6 Å². The van der Waals surface area contributed by atoms with Crippen LogP contribution in [0.4, 0.5) is 18.0 Å². The van der Waals surface area contributed by atoms with Gasteiger partial charge in [-0.1, -0.05) is 29.4 Å². The molecule has 0 bridgehead atoms. The van der Waals surface area contributed by atoms with Crippen molar-refractivity contribution in [3.05, 3.63) is 35.7 Å². The largest absolute Gasteiger partial charge is 0.471 e. The molecular formula is C14H15F3N4O3. The van der Waals surface area contributed by atoms with Gasteiger partial charge in [-0.05, 0) is 12.5 Å². The van der Waals surface area contributed by atoms with Crippen molar-refractivity contribution < 1.29 is 27.3 Å². The molecule has 24 heavy (non-hydrogen) atoms. The molecule has 2 amide bonds. The highest BCUT2D eigenvalue weighted by molar-refractivity contribution is 5.72. The van der Waals surface area contributed by atoms with E-state index in [0.717, 1.165) is 10.6 Å². The van der Waals surface area contributed by atoms with Crippen LogP contribution in [-0.2, 0) is 17.6 Å². The number of hydroxylamine groups is 2. The van der Waals surface area contributed by atoms with Gasteiger partial charge in [0.15, 0.2) is 0 Å². The molecule has 0 atom stereocenters. The second-order valence-electron chi connectivity index (χ2n) is 4.69. The molecule has 0 radical (unpaired) electrons. The number of amides is 2. The number of alkyl halides is 3. The minimum absolute atomic E-state index is 0.158. The molecule has 0 aliphatic heterocycles. The molecule has 0 saturated heterocycles. The van der Waals surface area contributed by atoms with Crippen LogP contribution in [0.15, 0.2) is 28.8 Å². The van der Waals surface area contributed by atoms with Gasteiger partial charge in [0.05, 0.1) is 6.61 Å². The van der Waals surface area contributed by atoms with Gasteiger partial charge in [-0.2, -0.15) is 18.2 Å². The van der Waals surface area contributed by atoms with Crippen LogP contribution in [0.5, 0.6) is 0 Å². The minimum atomic E-state index is -4.68. The Bertz CT molecular complexity index is 685. The third-order valence-corrected chi connectivity index (χ3v) is 2.93. The van der Waals surface area contributed by atoms with E-state index in [9.17, 15) is 18.0 Å². The Morgan fingerprint density at radius 1 is 1.33 bits per heavy atom. The van der Waals surface area contributed by atoms with Crippen molar-refractivity contribution in [3.63, 3.8) is 0 Å². The van der Waals surface area contributed by atoms with Crippen LogP contribution in [0, 0.1) is 0 Å². The first-order chi connectivity index (χ1) is 11.3. The van der Waals surface area contributed by atoms with Crippen molar-refractivity contribution in [3.8, 4) is 11.4 Å². The molecule has 1 aromatic carbocycles. The Hall–Kier alpha value is -2.62. The molecule has 0 fully saturated rings. The molecule has 0 aliphatic carbocycles. The zero-order valence-corrected chi connectivity index (χ0v) is 12.9. The van der Waals surface area contributed by atoms with E-state index in [0.29, 0.717) is 12.2 Å². The van der Waals surface area contributed by atoms with Gasteiger partial charge in [0.2, 0.25) is 5.82 Å². The Morgan fingerprint density at radius 3 is 2.54 bits per heavy atom. The highest BCUT2D eigenvalue weighted by Crippen LogP contribution is 2.29. The maximum atomic E-state index is 12.4. The Morgan fingerprint density at radius 2 is 2.00 bits per heavy atom. The molecule has 7 nitrogen and oxygen atoms in total. The number of hydrogen-bond donors (Lipinski definition) is 1. The molecule has 0 unspecified atom stereocenters. The van der Waals surface area contributed by atoms with Crippen LogP contribution < -0.4 is 5.32 Å². The van der Waals surface area contributed by atoms with E-state index < -0.39 is 18.1 Å². The number of halogens is 3. The summed E-state index contributed by atoms with van der Waals surface area (Å²) in [4.78, 5) is 19.9. The first-order valence-electron chi connectivity index (χ1n) is 6.96. The fourth-order valence-electron chi connectivity index (χ4n) is 1.77. The van der Waals surface area contributed by atoms with E-state index in [4.69, 9.17) is 4.84 Å². The lowest BCUT2D eigenvalue weighted by atomic mass is 10.1. The number of benzene rings is 1. The quantitative estimate of drug-likeness (QED) is 0.844. The summed E-state index contributed by atoms with van der Waals surface area (Å²) >= 11 is 0. The van der Waals surface area contributed by atoms with Crippen molar-refractivity contribution in [1.82, 2.24) is 20.5 Å². The monoisotopic (exact) mass is 344 g/mol. The van der Waals surface area contributed by atoms with Crippen molar-refractivity contribution in [2.24, 2.45) is 0 Å². The number of urea groups is 1. The van der Waals surface area contributed by atoms with Gasteiger partial charge in [0, 0.05) is 19.2 Å². The smallest absolute Gasteiger partial charge is 0.332 e. The molecule has 1 aromatic heterocycles. The number of aromatic nitrogens is 2. The first-order valence-corrected chi connectivity index (χ1v) is 6.96. The molecule has 0 saturated carbocycles. The topological polar surface area (TPSA) is 80.5 Å².